The maximum atomic E-state index is 12.3. The Morgan fingerprint density at radius 1 is 1.10 bits per heavy atom. The van der Waals surface area contributed by atoms with Crippen LogP contribution in [0.4, 0.5) is 5.69 Å². The van der Waals surface area contributed by atoms with E-state index in [2.05, 4.69) is 20.8 Å². The molecule has 2 amide bonds. The van der Waals surface area contributed by atoms with E-state index < -0.39 is 0 Å². The van der Waals surface area contributed by atoms with Gasteiger partial charge in [-0.1, -0.05) is 52.7 Å². The van der Waals surface area contributed by atoms with E-state index >= 15 is 0 Å². The van der Waals surface area contributed by atoms with Gasteiger partial charge >= 0.3 is 0 Å². The first-order chi connectivity index (χ1) is 14.3. The molecule has 3 aromatic rings. The molecule has 30 heavy (non-hydrogen) atoms. The Kier molecular flexibility index (Phi) is 7.36. The summed E-state index contributed by atoms with van der Waals surface area (Å²) in [6.07, 6.45) is 0. The van der Waals surface area contributed by atoms with Crippen molar-refractivity contribution in [2.24, 2.45) is 7.05 Å². The van der Waals surface area contributed by atoms with Crippen LogP contribution >= 0.6 is 35.0 Å². The summed E-state index contributed by atoms with van der Waals surface area (Å²) in [7, 11) is 1.77. The highest BCUT2D eigenvalue weighted by Crippen LogP contribution is 2.21. The smallest absolute Gasteiger partial charge is 0.253 e. The SMILES string of the molecule is Cc1ccc(NC(=O)CSc2nnc(CNC(=O)c3ccc(Cl)cc3Cl)n2C)cc1. The third-order valence-electron chi connectivity index (χ3n) is 4.18. The van der Waals surface area contributed by atoms with E-state index in [1.54, 1.807) is 23.7 Å². The Labute approximate surface area is 188 Å². The van der Waals surface area contributed by atoms with Crippen molar-refractivity contribution in [1.29, 1.82) is 0 Å². The van der Waals surface area contributed by atoms with Gasteiger partial charge in [0.15, 0.2) is 11.0 Å². The van der Waals surface area contributed by atoms with Gasteiger partial charge in [-0.3, -0.25) is 9.59 Å². The van der Waals surface area contributed by atoms with Gasteiger partial charge in [-0.05, 0) is 37.3 Å². The molecule has 0 saturated heterocycles. The molecule has 0 saturated carbocycles. The molecule has 1 heterocycles. The Morgan fingerprint density at radius 2 is 1.83 bits per heavy atom. The molecule has 0 bridgehead atoms. The van der Waals surface area contributed by atoms with Crippen molar-refractivity contribution in [2.75, 3.05) is 11.1 Å². The number of hydrogen-bond acceptors (Lipinski definition) is 5. The molecule has 10 heteroatoms. The number of aromatic nitrogens is 3. The van der Waals surface area contributed by atoms with Gasteiger partial charge in [0, 0.05) is 17.8 Å². The summed E-state index contributed by atoms with van der Waals surface area (Å²) < 4.78 is 1.73. The lowest BCUT2D eigenvalue weighted by molar-refractivity contribution is -0.113. The summed E-state index contributed by atoms with van der Waals surface area (Å²) in [6.45, 7) is 2.15. The second kappa shape index (κ2) is 9.97. The molecule has 0 unspecified atom stereocenters. The van der Waals surface area contributed by atoms with Gasteiger partial charge in [-0.25, -0.2) is 0 Å². The van der Waals surface area contributed by atoms with Gasteiger partial charge < -0.3 is 15.2 Å². The summed E-state index contributed by atoms with van der Waals surface area (Å²) in [5, 5.41) is 15.1. The maximum absolute atomic E-state index is 12.3. The minimum absolute atomic E-state index is 0.140. The number of rotatable bonds is 7. The molecule has 0 spiro atoms. The van der Waals surface area contributed by atoms with Gasteiger partial charge in [0.1, 0.15) is 0 Å². The molecule has 0 aliphatic heterocycles. The lowest BCUT2D eigenvalue weighted by Crippen LogP contribution is -2.24. The van der Waals surface area contributed by atoms with Crippen LogP contribution in [-0.4, -0.2) is 32.3 Å². The van der Waals surface area contributed by atoms with Gasteiger partial charge in [0.25, 0.3) is 5.91 Å². The van der Waals surface area contributed by atoms with Crippen LogP contribution in [0.5, 0.6) is 0 Å². The zero-order chi connectivity index (χ0) is 21.7. The number of halogens is 2. The Hall–Kier alpha value is -2.55. The molecule has 0 fully saturated rings. The van der Waals surface area contributed by atoms with Crippen LogP contribution in [0.15, 0.2) is 47.6 Å². The number of carbonyl (C=O) groups is 2. The molecule has 0 aliphatic carbocycles. The Morgan fingerprint density at radius 3 is 2.53 bits per heavy atom. The van der Waals surface area contributed by atoms with Crippen LogP contribution in [0.25, 0.3) is 0 Å². The quantitative estimate of drug-likeness (QED) is 0.515. The summed E-state index contributed by atoms with van der Waals surface area (Å²) in [6, 6.07) is 12.2. The number of benzene rings is 2. The minimum Gasteiger partial charge on any atom is -0.345 e. The van der Waals surface area contributed by atoms with E-state index in [9.17, 15) is 9.59 Å². The summed E-state index contributed by atoms with van der Waals surface area (Å²) in [5.41, 5.74) is 2.19. The van der Waals surface area contributed by atoms with Crippen LogP contribution in [0.2, 0.25) is 10.0 Å². The average molecular weight is 464 g/mol. The normalized spacial score (nSPS) is 10.7. The number of thioether (sulfide) groups is 1. The monoisotopic (exact) mass is 463 g/mol. The van der Waals surface area contributed by atoms with E-state index in [1.807, 2.05) is 31.2 Å². The third kappa shape index (κ3) is 5.75. The lowest BCUT2D eigenvalue weighted by Gasteiger charge is -2.08. The van der Waals surface area contributed by atoms with E-state index in [-0.39, 0.29) is 29.1 Å². The second-order valence-corrected chi connectivity index (χ2v) is 8.25. The number of carbonyl (C=O) groups excluding carboxylic acids is 2. The number of nitrogens with one attached hydrogen (secondary N) is 2. The van der Waals surface area contributed by atoms with Crippen molar-refractivity contribution in [3.05, 3.63) is 69.5 Å². The number of aryl methyl sites for hydroxylation is 1. The fraction of sp³-hybridized carbons (Fsp3) is 0.200. The molecular weight excluding hydrogens is 445 g/mol. The molecular formula is C20H19Cl2N5O2S. The lowest BCUT2D eigenvalue weighted by atomic mass is 10.2. The van der Waals surface area contributed by atoms with Crippen LogP contribution in [0.1, 0.15) is 21.7 Å². The molecule has 3 rings (SSSR count). The summed E-state index contributed by atoms with van der Waals surface area (Å²) in [5.74, 6) is 0.257. The van der Waals surface area contributed by atoms with E-state index in [0.717, 1.165) is 11.3 Å². The van der Waals surface area contributed by atoms with Gasteiger partial charge in [-0.15, -0.1) is 10.2 Å². The fourth-order valence-electron chi connectivity index (χ4n) is 2.52. The molecule has 2 N–H and O–H groups in total. The van der Waals surface area contributed by atoms with Crippen molar-refractivity contribution in [3.63, 3.8) is 0 Å². The molecule has 1 aromatic heterocycles. The standard InChI is InChI=1S/C20H19Cl2N5O2S/c1-12-3-6-14(7-4-12)24-18(28)11-30-20-26-25-17(27(20)2)10-23-19(29)15-8-5-13(21)9-16(15)22/h3-9H,10-11H2,1-2H3,(H,23,29)(H,24,28). The van der Waals surface area contributed by atoms with Crippen molar-refractivity contribution in [3.8, 4) is 0 Å². The number of amides is 2. The largest absolute Gasteiger partial charge is 0.345 e. The summed E-state index contributed by atoms with van der Waals surface area (Å²) >= 11 is 13.2. The van der Waals surface area contributed by atoms with Gasteiger partial charge in [-0.2, -0.15) is 0 Å². The van der Waals surface area contributed by atoms with Crippen LogP contribution in [-0.2, 0) is 18.4 Å². The highest BCUT2D eigenvalue weighted by molar-refractivity contribution is 7.99. The predicted octanol–water partition coefficient (Wildman–Crippen LogP) is 4.09. The number of hydrogen-bond donors (Lipinski definition) is 2. The van der Waals surface area contributed by atoms with Gasteiger partial charge in [0.2, 0.25) is 5.91 Å². The highest BCUT2D eigenvalue weighted by Gasteiger charge is 2.15. The van der Waals surface area contributed by atoms with Crippen LogP contribution in [0.3, 0.4) is 0 Å². The number of anilines is 1. The van der Waals surface area contributed by atoms with Gasteiger partial charge in [0.05, 0.1) is 22.9 Å². The fourth-order valence-corrected chi connectivity index (χ4v) is 3.74. The maximum Gasteiger partial charge on any atom is 0.253 e. The van der Waals surface area contributed by atoms with Crippen molar-refractivity contribution in [2.45, 2.75) is 18.6 Å². The first kappa shape index (κ1) is 22.1. The van der Waals surface area contributed by atoms with E-state index in [1.165, 1.54) is 17.8 Å². The predicted molar refractivity (Wildman–Crippen MR) is 119 cm³/mol. The van der Waals surface area contributed by atoms with E-state index in [4.69, 9.17) is 23.2 Å². The number of nitrogens with zero attached hydrogens (tertiary/aromatic N) is 3. The molecule has 0 radical (unpaired) electrons. The molecule has 0 atom stereocenters. The Bertz CT molecular complexity index is 1070. The molecule has 2 aromatic carbocycles. The van der Waals surface area contributed by atoms with Crippen molar-refractivity contribution < 1.29 is 9.59 Å². The average Bonchev–Trinajstić information content (AvgIpc) is 3.06. The highest BCUT2D eigenvalue weighted by atomic mass is 35.5. The first-order valence-corrected chi connectivity index (χ1v) is 10.7. The Balaban J connectivity index is 1.53. The third-order valence-corrected chi connectivity index (χ3v) is 5.74. The molecule has 156 valence electrons. The minimum atomic E-state index is -0.341. The van der Waals surface area contributed by atoms with Crippen LogP contribution in [0, 0.1) is 6.92 Å². The second-order valence-electron chi connectivity index (χ2n) is 6.47. The zero-order valence-electron chi connectivity index (χ0n) is 16.3. The zero-order valence-corrected chi connectivity index (χ0v) is 18.6. The first-order valence-electron chi connectivity index (χ1n) is 8.94. The van der Waals surface area contributed by atoms with Crippen molar-refractivity contribution >= 4 is 52.5 Å². The topological polar surface area (TPSA) is 88.9 Å². The molecule has 7 nitrogen and oxygen atoms in total. The van der Waals surface area contributed by atoms with Crippen molar-refractivity contribution in [1.82, 2.24) is 20.1 Å². The summed E-state index contributed by atoms with van der Waals surface area (Å²) in [4.78, 5) is 24.5. The van der Waals surface area contributed by atoms with Crippen LogP contribution < -0.4 is 10.6 Å². The molecule has 0 aliphatic rings. The van der Waals surface area contributed by atoms with E-state index in [0.29, 0.717) is 21.6 Å².